The van der Waals surface area contributed by atoms with E-state index in [1.807, 2.05) is 0 Å². The number of rotatable bonds is 2. The third-order valence-electron chi connectivity index (χ3n) is 6.03. The van der Waals surface area contributed by atoms with Gasteiger partial charge in [0.1, 0.15) is 5.75 Å². The lowest BCUT2D eigenvalue weighted by molar-refractivity contribution is 0.00607. The molecule has 1 saturated heterocycles. The number of fused-ring (bicyclic) bond motifs is 1. The van der Waals surface area contributed by atoms with Gasteiger partial charge in [0.05, 0.1) is 10.8 Å². The van der Waals surface area contributed by atoms with Crippen LogP contribution in [0.3, 0.4) is 0 Å². The van der Waals surface area contributed by atoms with Gasteiger partial charge in [-0.2, -0.15) is 0 Å². The van der Waals surface area contributed by atoms with Crippen molar-refractivity contribution in [1.29, 1.82) is 0 Å². The van der Waals surface area contributed by atoms with Crippen LogP contribution >= 0.6 is 8.38 Å². The van der Waals surface area contributed by atoms with Gasteiger partial charge >= 0.3 is 0 Å². The first kappa shape index (κ1) is 17.2. The van der Waals surface area contributed by atoms with Crippen LogP contribution in [0.15, 0.2) is 12.1 Å². The average molecular weight is 334 g/mol. The molecule has 1 fully saturated rings. The minimum Gasteiger partial charge on any atom is -0.447 e. The summed E-state index contributed by atoms with van der Waals surface area (Å²) in [5.41, 5.74) is 4.64. The van der Waals surface area contributed by atoms with E-state index in [1.165, 1.54) is 23.1 Å². The maximum Gasteiger partial charge on any atom is 0.239 e. The molecule has 23 heavy (non-hydrogen) atoms. The van der Waals surface area contributed by atoms with E-state index >= 15 is 0 Å². The van der Waals surface area contributed by atoms with Gasteiger partial charge in [-0.15, -0.1) is 0 Å². The first-order chi connectivity index (χ1) is 10.3. The molecule has 0 bridgehead atoms. The first-order valence-electron chi connectivity index (χ1n) is 8.61. The highest BCUT2D eigenvalue weighted by atomic mass is 31.2. The van der Waals surface area contributed by atoms with Gasteiger partial charge in [0, 0.05) is 0 Å². The molecule has 1 aliphatic carbocycles. The summed E-state index contributed by atoms with van der Waals surface area (Å²) in [7, 11) is -0.879. The van der Waals surface area contributed by atoms with E-state index < -0.39 is 8.38 Å². The van der Waals surface area contributed by atoms with Crippen molar-refractivity contribution in [1.82, 2.24) is 0 Å². The second-order valence-electron chi connectivity index (χ2n) is 9.62. The zero-order valence-electron chi connectivity index (χ0n) is 16.1. The molecule has 0 saturated carbocycles. The lowest BCUT2D eigenvalue weighted by Gasteiger charge is -2.55. The normalized spacial score (nSPS) is 28.8. The van der Waals surface area contributed by atoms with Crippen molar-refractivity contribution >= 4 is 8.38 Å². The van der Waals surface area contributed by atoms with Crippen LogP contribution in [0, 0.1) is 6.92 Å². The molecule has 128 valence electrons. The predicted molar refractivity (Wildman–Crippen MR) is 98.6 cm³/mol. The Balaban J connectivity index is 1.95. The largest absolute Gasteiger partial charge is 0.447 e. The maximum absolute atomic E-state index is 6.31. The molecule has 0 radical (unpaired) electrons. The van der Waals surface area contributed by atoms with Crippen LogP contribution in [0.25, 0.3) is 0 Å². The van der Waals surface area contributed by atoms with Gasteiger partial charge in [-0.1, -0.05) is 27.7 Å². The van der Waals surface area contributed by atoms with Gasteiger partial charge in [0.25, 0.3) is 0 Å². The Labute approximate surface area is 142 Å². The molecule has 1 aliphatic heterocycles. The standard InChI is InChI=1S/C20H31O2P/c1-13-10-14(21-23-20(8,9)19(6,7)22-23)11-15-16(13)18(4,5)12-17(15,2)3/h10-11H,12H2,1-9H3. The van der Waals surface area contributed by atoms with Crippen molar-refractivity contribution in [2.24, 2.45) is 0 Å². The number of benzene rings is 1. The van der Waals surface area contributed by atoms with Crippen LogP contribution in [0.5, 0.6) is 5.75 Å². The van der Waals surface area contributed by atoms with Gasteiger partial charge in [-0.25, -0.2) is 0 Å². The molecular formula is C20H31O2P. The molecule has 1 unspecified atom stereocenters. The lowest BCUT2D eigenvalue weighted by atomic mass is 9.81. The highest BCUT2D eigenvalue weighted by Gasteiger charge is 2.59. The molecule has 1 heterocycles. The highest BCUT2D eigenvalue weighted by Crippen LogP contribution is 2.69. The van der Waals surface area contributed by atoms with E-state index in [9.17, 15) is 0 Å². The molecule has 1 atom stereocenters. The van der Waals surface area contributed by atoms with E-state index in [4.69, 9.17) is 9.05 Å². The van der Waals surface area contributed by atoms with Gasteiger partial charge in [-0.3, -0.25) is 0 Å². The van der Waals surface area contributed by atoms with Gasteiger partial charge in [-0.05, 0) is 80.7 Å². The Kier molecular flexibility index (Phi) is 3.55. The monoisotopic (exact) mass is 334 g/mol. The Morgan fingerprint density at radius 2 is 1.57 bits per heavy atom. The van der Waals surface area contributed by atoms with Crippen molar-refractivity contribution in [3.8, 4) is 5.75 Å². The molecule has 0 spiro atoms. The average Bonchev–Trinajstić information content (AvgIpc) is 2.54. The second-order valence-corrected chi connectivity index (χ2v) is 11.6. The van der Waals surface area contributed by atoms with E-state index in [0.29, 0.717) is 0 Å². The molecule has 1 aromatic carbocycles. The van der Waals surface area contributed by atoms with Crippen LogP contribution in [0.4, 0.5) is 0 Å². The SMILES string of the molecule is Cc1cc(OP2OC(C)(C)C2(C)C)cc2c1C(C)(C)CC2(C)C. The molecule has 0 N–H and O–H groups in total. The van der Waals surface area contributed by atoms with Crippen LogP contribution in [0.2, 0.25) is 0 Å². The van der Waals surface area contributed by atoms with E-state index in [0.717, 1.165) is 5.75 Å². The van der Waals surface area contributed by atoms with Crippen molar-refractivity contribution in [2.45, 2.75) is 90.3 Å². The Bertz CT molecular complexity index is 656. The maximum atomic E-state index is 6.31. The third kappa shape index (κ3) is 2.45. The van der Waals surface area contributed by atoms with Gasteiger partial charge in [0.15, 0.2) is 0 Å². The summed E-state index contributed by atoms with van der Waals surface area (Å²) in [5.74, 6) is 0.974. The molecule has 0 aromatic heterocycles. The molecule has 0 amide bonds. The minimum absolute atomic E-state index is 0.0735. The summed E-state index contributed by atoms with van der Waals surface area (Å²) in [5, 5.41) is 0.0735. The van der Waals surface area contributed by atoms with Gasteiger partial charge in [0.2, 0.25) is 8.38 Å². The quantitative estimate of drug-likeness (QED) is 0.597. The van der Waals surface area contributed by atoms with E-state index in [2.05, 4.69) is 74.4 Å². The zero-order valence-corrected chi connectivity index (χ0v) is 17.0. The van der Waals surface area contributed by atoms with Crippen molar-refractivity contribution in [3.63, 3.8) is 0 Å². The van der Waals surface area contributed by atoms with Crippen LogP contribution in [-0.2, 0) is 15.4 Å². The summed E-state index contributed by atoms with van der Waals surface area (Å²) in [6.07, 6.45) is 1.18. The van der Waals surface area contributed by atoms with Crippen LogP contribution < -0.4 is 4.52 Å². The van der Waals surface area contributed by atoms with Crippen molar-refractivity contribution in [2.75, 3.05) is 0 Å². The Morgan fingerprint density at radius 1 is 0.957 bits per heavy atom. The topological polar surface area (TPSA) is 18.5 Å². The lowest BCUT2D eigenvalue weighted by Crippen LogP contribution is -2.55. The number of hydrogen-bond acceptors (Lipinski definition) is 2. The van der Waals surface area contributed by atoms with Gasteiger partial charge < -0.3 is 9.05 Å². The smallest absolute Gasteiger partial charge is 0.239 e. The summed E-state index contributed by atoms with van der Waals surface area (Å²) >= 11 is 0. The molecule has 2 aliphatic rings. The minimum atomic E-state index is -0.879. The summed E-state index contributed by atoms with van der Waals surface area (Å²) in [6.45, 7) is 20.4. The fourth-order valence-corrected chi connectivity index (χ4v) is 6.16. The summed E-state index contributed by atoms with van der Waals surface area (Å²) in [6, 6.07) is 4.47. The fraction of sp³-hybridized carbons (Fsp3) is 0.700. The first-order valence-corrected chi connectivity index (χ1v) is 9.79. The number of aryl methyl sites for hydroxylation is 1. The van der Waals surface area contributed by atoms with Crippen molar-refractivity contribution in [3.05, 3.63) is 28.8 Å². The highest BCUT2D eigenvalue weighted by molar-refractivity contribution is 7.51. The summed E-state index contributed by atoms with van der Waals surface area (Å²) in [4.78, 5) is 0. The number of hydrogen-bond donors (Lipinski definition) is 0. The van der Waals surface area contributed by atoms with E-state index in [1.54, 1.807) is 0 Å². The van der Waals surface area contributed by atoms with Crippen LogP contribution in [0.1, 0.15) is 78.5 Å². The molecular weight excluding hydrogens is 303 g/mol. The second kappa shape index (κ2) is 4.73. The Hall–Kier alpha value is -0.590. The van der Waals surface area contributed by atoms with Crippen molar-refractivity contribution < 1.29 is 9.05 Å². The summed E-state index contributed by atoms with van der Waals surface area (Å²) < 4.78 is 12.4. The molecule has 3 heteroatoms. The Morgan fingerprint density at radius 3 is 2.09 bits per heavy atom. The predicted octanol–water partition coefficient (Wildman–Crippen LogP) is 6.23. The zero-order chi connectivity index (χ0) is 17.4. The van der Waals surface area contributed by atoms with E-state index in [-0.39, 0.29) is 21.6 Å². The molecule has 2 nitrogen and oxygen atoms in total. The molecule has 3 rings (SSSR count). The molecule has 1 aromatic rings. The fourth-order valence-electron chi connectivity index (χ4n) is 4.37. The van der Waals surface area contributed by atoms with Crippen LogP contribution in [-0.4, -0.2) is 10.8 Å². The third-order valence-corrected chi connectivity index (χ3v) is 8.48.